The molecule has 1 aliphatic rings. The smallest absolute Gasteiger partial charge is 0.255 e. The fourth-order valence-electron chi connectivity index (χ4n) is 4.62. The molecular weight excluding hydrogens is 591 g/mol. The maximum absolute atomic E-state index is 13.2. The molecule has 12 heteroatoms. The van der Waals surface area contributed by atoms with Crippen LogP contribution in [0.2, 0.25) is 0 Å². The van der Waals surface area contributed by atoms with Gasteiger partial charge >= 0.3 is 0 Å². The lowest BCUT2D eigenvalue weighted by atomic mass is 10.00. The number of nitrogens with one attached hydrogen (secondary N) is 1. The number of carbonyl (C=O) groups is 1. The topological polar surface area (TPSA) is 117 Å². The average Bonchev–Trinajstić information content (AvgIpc) is 3.28. The van der Waals surface area contributed by atoms with Gasteiger partial charge in [-0.1, -0.05) is 12.7 Å². The van der Waals surface area contributed by atoms with E-state index in [4.69, 9.17) is 23.4 Å². The van der Waals surface area contributed by atoms with Crippen LogP contribution in [-0.2, 0) is 24.2 Å². The number of rotatable bonds is 11. The van der Waals surface area contributed by atoms with Gasteiger partial charge in [-0.3, -0.25) is 9.10 Å². The van der Waals surface area contributed by atoms with Gasteiger partial charge < -0.3 is 28.7 Å². The first-order valence-electron chi connectivity index (χ1n) is 13.7. The van der Waals surface area contributed by atoms with Gasteiger partial charge in [-0.25, -0.2) is 12.8 Å². The van der Waals surface area contributed by atoms with Crippen molar-refractivity contribution >= 4 is 38.2 Å². The molecule has 1 aliphatic heterocycles. The van der Waals surface area contributed by atoms with Crippen LogP contribution in [0.3, 0.4) is 0 Å². The summed E-state index contributed by atoms with van der Waals surface area (Å²) < 4.78 is 68.9. The standard InChI is InChI=1S/C32H35FN2O8S/c1-7-22(9-8-20(2)41-24-12-10-23(33)11-13-24)31-30(32(36)34-4)27-16-26-21(3)42-25(19-40-15-14-39-5)18-35(44(6,37)38)28(26)17-29(27)43-31/h7-13,16-17,19,21H,2,14-15,18H2,1,3-6H3,(H,34,36)/b9-8-,22-7+,25-19+/t21-/m0/s1. The number of anilines is 1. The molecular formula is C32H35FN2O8S. The van der Waals surface area contributed by atoms with Gasteiger partial charge in [0.1, 0.15) is 47.6 Å². The molecule has 234 valence electrons. The first-order chi connectivity index (χ1) is 21.0. The van der Waals surface area contributed by atoms with Crippen LogP contribution >= 0.6 is 0 Å². The summed E-state index contributed by atoms with van der Waals surface area (Å²) in [6.45, 7) is 7.97. The lowest BCUT2D eigenvalue weighted by molar-refractivity contribution is 0.0962. The van der Waals surface area contributed by atoms with Gasteiger partial charge in [0.25, 0.3) is 5.91 Å². The number of halogens is 1. The van der Waals surface area contributed by atoms with Crippen molar-refractivity contribution < 1.29 is 41.0 Å². The fraction of sp³-hybridized carbons (Fsp3) is 0.281. The normalized spacial score (nSPS) is 16.5. The van der Waals surface area contributed by atoms with Crippen molar-refractivity contribution in [2.24, 2.45) is 0 Å². The maximum Gasteiger partial charge on any atom is 0.255 e. The molecule has 0 fully saturated rings. The fourth-order valence-corrected chi connectivity index (χ4v) is 5.49. The summed E-state index contributed by atoms with van der Waals surface area (Å²) in [5.74, 6) is 0.462. The second kappa shape index (κ2) is 13.8. The van der Waals surface area contributed by atoms with Crippen molar-refractivity contribution in [3.8, 4) is 5.75 Å². The summed E-state index contributed by atoms with van der Waals surface area (Å²) in [5.41, 5.74) is 2.00. The second-order valence-electron chi connectivity index (χ2n) is 9.87. The van der Waals surface area contributed by atoms with Crippen LogP contribution in [-0.4, -0.2) is 54.5 Å². The van der Waals surface area contributed by atoms with Crippen molar-refractivity contribution in [3.05, 3.63) is 102 Å². The molecule has 0 aliphatic carbocycles. The number of benzene rings is 2. The Bertz CT molecular complexity index is 1740. The minimum Gasteiger partial charge on any atom is -0.495 e. The van der Waals surface area contributed by atoms with Crippen LogP contribution in [0, 0.1) is 5.82 Å². The lowest BCUT2D eigenvalue weighted by Gasteiger charge is -2.21. The number of sulfonamides is 1. The minimum atomic E-state index is -3.77. The van der Waals surface area contributed by atoms with E-state index < -0.39 is 22.0 Å². The van der Waals surface area contributed by atoms with Crippen LogP contribution in [0.4, 0.5) is 10.1 Å². The van der Waals surface area contributed by atoms with Crippen LogP contribution < -0.4 is 14.4 Å². The van der Waals surface area contributed by atoms with E-state index in [1.807, 2.05) is 0 Å². The van der Waals surface area contributed by atoms with Gasteiger partial charge in [0.2, 0.25) is 10.0 Å². The Hall–Kier alpha value is -4.55. The maximum atomic E-state index is 13.2. The molecule has 2 aromatic carbocycles. The Morgan fingerprint density at radius 2 is 1.93 bits per heavy atom. The van der Waals surface area contributed by atoms with Crippen molar-refractivity contribution in [1.82, 2.24) is 5.32 Å². The quantitative estimate of drug-likeness (QED) is 0.160. The van der Waals surface area contributed by atoms with E-state index >= 15 is 0 Å². The monoisotopic (exact) mass is 626 g/mol. The van der Waals surface area contributed by atoms with E-state index in [1.54, 1.807) is 51.3 Å². The number of hydrogen-bond acceptors (Lipinski definition) is 8. The van der Waals surface area contributed by atoms with Gasteiger partial charge in [0.05, 0.1) is 30.7 Å². The molecule has 4 rings (SSSR count). The molecule has 1 N–H and O–H groups in total. The Labute approximate surface area is 256 Å². The van der Waals surface area contributed by atoms with Crippen LogP contribution in [0.5, 0.6) is 5.75 Å². The number of ether oxygens (including phenoxy) is 4. The Morgan fingerprint density at radius 3 is 2.57 bits per heavy atom. The number of carbonyl (C=O) groups excluding carboxylic acids is 1. The largest absolute Gasteiger partial charge is 0.495 e. The average molecular weight is 627 g/mol. The lowest BCUT2D eigenvalue weighted by Crippen LogP contribution is -2.31. The first kappa shape index (κ1) is 32.4. The van der Waals surface area contributed by atoms with E-state index in [9.17, 15) is 17.6 Å². The van der Waals surface area contributed by atoms with Crippen LogP contribution in [0.25, 0.3) is 16.5 Å². The van der Waals surface area contributed by atoms with Crippen molar-refractivity contribution in [3.63, 3.8) is 0 Å². The summed E-state index contributed by atoms with van der Waals surface area (Å²) in [5, 5.41) is 3.13. The molecule has 10 nitrogen and oxygen atoms in total. The highest BCUT2D eigenvalue weighted by atomic mass is 32.2. The van der Waals surface area contributed by atoms with E-state index in [-0.39, 0.29) is 36.1 Å². The zero-order valence-electron chi connectivity index (χ0n) is 25.2. The summed E-state index contributed by atoms with van der Waals surface area (Å²) in [6, 6.07) is 8.84. The van der Waals surface area contributed by atoms with E-state index in [0.29, 0.717) is 45.9 Å². The molecule has 2 heterocycles. The van der Waals surface area contributed by atoms with Crippen molar-refractivity contribution in [2.45, 2.75) is 20.0 Å². The SMILES string of the molecule is C=C(/C=C\C(=C/C)c1oc2cc3c(cc2c1C(=O)NC)[C@H](C)O/C(=C/OCCOC)CN3S(C)(=O)=O)Oc1ccc(F)cc1. The van der Waals surface area contributed by atoms with Gasteiger partial charge in [-0.15, -0.1) is 0 Å². The molecule has 0 unspecified atom stereocenters. The van der Waals surface area contributed by atoms with Gasteiger partial charge in [-0.05, 0) is 56.3 Å². The summed E-state index contributed by atoms with van der Waals surface area (Å²) in [7, 11) is -0.711. The molecule has 0 saturated carbocycles. The first-order valence-corrected chi connectivity index (χ1v) is 15.5. The molecule has 0 bridgehead atoms. The second-order valence-corrected chi connectivity index (χ2v) is 11.8. The van der Waals surface area contributed by atoms with Gasteiger partial charge in [-0.2, -0.15) is 0 Å². The van der Waals surface area contributed by atoms with Gasteiger partial charge in [0.15, 0.2) is 5.76 Å². The van der Waals surface area contributed by atoms with Crippen LogP contribution in [0.15, 0.2) is 83.4 Å². The molecule has 1 amide bonds. The van der Waals surface area contributed by atoms with Crippen molar-refractivity contribution in [2.75, 3.05) is 44.5 Å². The summed E-state index contributed by atoms with van der Waals surface area (Å²) in [4.78, 5) is 13.2. The number of nitrogens with zero attached hydrogens (tertiary/aromatic N) is 1. The Balaban J connectivity index is 1.77. The number of hydrogen-bond donors (Lipinski definition) is 1. The molecule has 3 aromatic rings. The highest BCUT2D eigenvalue weighted by molar-refractivity contribution is 7.92. The molecule has 0 saturated heterocycles. The number of furan rings is 1. The Kier molecular flexibility index (Phi) is 10.2. The third kappa shape index (κ3) is 7.32. The van der Waals surface area contributed by atoms with Crippen molar-refractivity contribution in [1.29, 1.82) is 0 Å². The predicted octanol–water partition coefficient (Wildman–Crippen LogP) is 5.85. The molecule has 0 radical (unpaired) electrons. The summed E-state index contributed by atoms with van der Waals surface area (Å²) in [6.07, 6.45) is 6.92. The summed E-state index contributed by atoms with van der Waals surface area (Å²) >= 11 is 0. The number of methoxy groups -OCH3 is 1. The van der Waals surface area contributed by atoms with E-state index in [2.05, 4.69) is 11.9 Å². The molecule has 1 aromatic heterocycles. The number of allylic oxidation sites excluding steroid dienone is 4. The minimum absolute atomic E-state index is 0.108. The molecule has 1 atom stereocenters. The molecule has 44 heavy (non-hydrogen) atoms. The van der Waals surface area contributed by atoms with E-state index in [0.717, 1.165) is 6.26 Å². The highest BCUT2D eigenvalue weighted by Gasteiger charge is 2.32. The third-order valence-corrected chi connectivity index (χ3v) is 7.86. The zero-order chi connectivity index (χ0) is 32.0. The molecule has 0 spiro atoms. The third-order valence-electron chi connectivity index (χ3n) is 6.73. The number of amides is 1. The number of fused-ring (bicyclic) bond motifs is 2. The predicted molar refractivity (Wildman–Crippen MR) is 166 cm³/mol. The van der Waals surface area contributed by atoms with Gasteiger partial charge in [0, 0.05) is 36.7 Å². The highest BCUT2D eigenvalue weighted by Crippen LogP contribution is 2.41. The Morgan fingerprint density at radius 1 is 1.20 bits per heavy atom. The van der Waals surface area contributed by atoms with E-state index in [1.165, 1.54) is 41.9 Å². The zero-order valence-corrected chi connectivity index (χ0v) is 26.0. The van der Waals surface area contributed by atoms with Crippen LogP contribution in [0.1, 0.15) is 41.6 Å².